The van der Waals surface area contributed by atoms with Crippen LogP contribution in [0.5, 0.6) is 0 Å². The molecule has 12 nitrogen and oxygen atoms in total. The van der Waals surface area contributed by atoms with Crippen molar-refractivity contribution in [1.29, 1.82) is 0 Å². The Kier molecular flexibility index (Phi) is 18.8. The molecule has 1 fully saturated rings. The minimum atomic E-state index is -1.14. The summed E-state index contributed by atoms with van der Waals surface area (Å²) in [4.78, 5) is 61.5. The first-order chi connectivity index (χ1) is 16.1. The van der Waals surface area contributed by atoms with E-state index in [-0.39, 0.29) is 38.5 Å². The fourth-order valence-corrected chi connectivity index (χ4v) is 4.00. The maximum Gasteiger partial charge on any atom is 0.317 e. The predicted molar refractivity (Wildman–Crippen MR) is 125 cm³/mol. The van der Waals surface area contributed by atoms with Gasteiger partial charge in [-0.3, -0.25) is 29.1 Å². The Labute approximate surface area is 201 Å². The highest BCUT2D eigenvalue weighted by molar-refractivity contribution is 5.75. The van der Waals surface area contributed by atoms with Crippen molar-refractivity contribution >= 4 is 30.0 Å². The van der Waals surface area contributed by atoms with Gasteiger partial charge in [-0.2, -0.15) is 0 Å². The SMILES string of the molecule is CC.CC(=O)CCCCC1(N(CC=O)CC(=O)O)CN(CC(=O)O)CCN(CC(=O)O)C1.CO. The first kappa shape index (κ1) is 33.8. The van der Waals surface area contributed by atoms with E-state index in [4.69, 9.17) is 5.11 Å². The number of unbranched alkanes of at least 4 members (excludes halogenated alkanes) is 1. The molecule has 1 rings (SSSR count). The number of aliphatic hydroxyl groups is 1. The zero-order chi connectivity index (χ0) is 26.7. The Morgan fingerprint density at radius 1 is 0.882 bits per heavy atom. The largest absolute Gasteiger partial charge is 0.480 e. The van der Waals surface area contributed by atoms with Crippen LogP contribution >= 0.6 is 0 Å². The van der Waals surface area contributed by atoms with Gasteiger partial charge in [0.1, 0.15) is 12.1 Å². The zero-order valence-corrected chi connectivity index (χ0v) is 20.7. The number of nitrogens with zero attached hydrogens (tertiary/aromatic N) is 3. The summed E-state index contributed by atoms with van der Waals surface area (Å²) in [6, 6.07) is 0. The predicted octanol–water partition coefficient (Wildman–Crippen LogP) is -0.118. The highest BCUT2D eigenvalue weighted by atomic mass is 16.4. The van der Waals surface area contributed by atoms with Gasteiger partial charge < -0.3 is 30.0 Å². The second-order valence-electron chi connectivity index (χ2n) is 7.78. The van der Waals surface area contributed by atoms with Crippen molar-refractivity contribution in [1.82, 2.24) is 14.7 Å². The van der Waals surface area contributed by atoms with E-state index in [9.17, 15) is 39.3 Å². The van der Waals surface area contributed by atoms with Crippen LogP contribution < -0.4 is 0 Å². The summed E-state index contributed by atoms with van der Waals surface area (Å²) in [6.07, 6.45) is 2.47. The molecule has 0 unspecified atom stereocenters. The topological polar surface area (TPSA) is 176 Å². The number of carboxylic acid groups (broad SMARTS) is 3. The van der Waals surface area contributed by atoms with Crippen molar-refractivity contribution < 1.29 is 44.4 Å². The van der Waals surface area contributed by atoms with Crippen molar-refractivity contribution in [3.05, 3.63) is 0 Å². The van der Waals surface area contributed by atoms with Crippen LogP contribution in [0.15, 0.2) is 0 Å². The van der Waals surface area contributed by atoms with Gasteiger partial charge in [-0.25, -0.2) is 0 Å². The molecule has 198 valence electrons. The smallest absolute Gasteiger partial charge is 0.317 e. The zero-order valence-electron chi connectivity index (χ0n) is 20.7. The van der Waals surface area contributed by atoms with Crippen LogP contribution in [-0.2, 0) is 24.0 Å². The summed E-state index contributed by atoms with van der Waals surface area (Å²) in [5.41, 5.74) is -0.947. The van der Waals surface area contributed by atoms with Crippen LogP contribution in [-0.4, -0.2) is 130 Å². The van der Waals surface area contributed by atoms with Gasteiger partial charge in [-0.05, 0) is 19.8 Å². The molecule has 1 saturated heterocycles. The Hall–Kier alpha value is -2.41. The number of aliphatic carboxylic acids is 3. The van der Waals surface area contributed by atoms with E-state index in [2.05, 4.69) is 0 Å². The Morgan fingerprint density at radius 3 is 1.71 bits per heavy atom. The number of carboxylic acids is 3. The van der Waals surface area contributed by atoms with Gasteiger partial charge in [-0.1, -0.05) is 20.3 Å². The summed E-state index contributed by atoms with van der Waals surface area (Å²) < 4.78 is 0. The lowest BCUT2D eigenvalue weighted by atomic mass is 9.88. The minimum Gasteiger partial charge on any atom is -0.480 e. The molecule has 4 N–H and O–H groups in total. The second-order valence-corrected chi connectivity index (χ2v) is 7.78. The van der Waals surface area contributed by atoms with E-state index < -0.39 is 30.0 Å². The molecule has 0 saturated carbocycles. The van der Waals surface area contributed by atoms with Crippen molar-refractivity contribution in [3.63, 3.8) is 0 Å². The molecule has 12 heteroatoms. The molecule has 0 aromatic carbocycles. The fraction of sp³-hybridized carbons (Fsp3) is 0.773. The first-order valence-corrected chi connectivity index (χ1v) is 11.3. The van der Waals surface area contributed by atoms with E-state index in [1.165, 1.54) is 11.8 Å². The highest BCUT2D eigenvalue weighted by Gasteiger charge is 2.42. The molecule has 0 amide bonds. The maximum atomic E-state index is 11.5. The third-order valence-electron chi connectivity index (χ3n) is 5.20. The van der Waals surface area contributed by atoms with Crippen LogP contribution in [0.25, 0.3) is 0 Å². The van der Waals surface area contributed by atoms with Crippen molar-refractivity contribution in [3.8, 4) is 0 Å². The molecular formula is C22H41N3O9. The minimum absolute atomic E-state index is 0.0280. The fourth-order valence-electron chi connectivity index (χ4n) is 4.00. The number of carbonyl (C=O) groups is 5. The molecular weight excluding hydrogens is 450 g/mol. The number of rotatable bonds is 14. The third-order valence-corrected chi connectivity index (χ3v) is 5.20. The summed E-state index contributed by atoms with van der Waals surface area (Å²) in [5, 5.41) is 34.9. The molecule has 0 aliphatic carbocycles. The molecule has 34 heavy (non-hydrogen) atoms. The van der Waals surface area contributed by atoms with Crippen molar-refractivity contribution in [2.24, 2.45) is 0 Å². The Balaban J connectivity index is 0. The summed E-state index contributed by atoms with van der Waals surface area (Å²) >= 11 is 0. The monoisotopic (exact) mass is 491 g/mol. The number of Topliss-reactive ketones (excluding diaryl/α,β-unsaturated/α-hetero) is 1. The van der Waals surface area contributed by atoms with Crippen LogP contribution in [0, 0.1) is 0 Å². The Bertz CT molecular complexity index is 617. The lowest BCUT2D eigenvalue weighted by molar-refractivity contribution is -0.143. The average molecular weight is 492 g/mol. The van der Waals surface area contributed by atoms with Crippen LogP contribution in [0.2, 0.25) is 0 Å². The van der Waals surface area contributed by atoms with Gasteiger partial charge in [0.05, 0.1) is 26.2 Å². The number of hydrogen-bond acceptors (Lipinski definition) is 9. The highest BCUT2D eigenvalue weighted by Crippen LogP contribution is 2.28. The van der Waals surface area contributed by atoms with Crippen molar-refractivity contribution in [2.75, 3.05) is 59.5 Å². The van der Waals surface area contributed by atoms with Gasteiger partial charge >= 0.3 is 17.9 Å². The number of ketones is 1. The standard InChI is InChI=1S/C19H31N3O8.C2H6.CH4O/c1-15(24)4-2-3-5-19(22(8-9-23)12-18(29)30)13-20(10-16(25)26)6-7-21(14-19)11-17(27)28;2*1-2/h9H,2-8,10-14H2,1H3,(H,25,26)(H,27,28)(H,29,30);1-2H3;2H,1H3. The van der Waals surface area contributed by atoms with Crippen LogP contribution in [0.4, 0.5) is 0 Å². The van der Waals surface area contributed by atoms with Crippen molar-refractivity contribution in [2.45, 2.75) is 52.0 Å². The maximum absolute atomic E-state index is 11.5. The second kappa shape index (κ2) is 19.0. The summed E-state index contributed by atoms with van der Waals surface area (Å²) in [6.45, 7) is 5.26. The van der Waals surface area contributed by atoms with E-state index in [1.807, 2.05) is 13.8 Å². The normalized spacial score (nSPS) is 15.7. The molecule has 1 heterocycles. The molecule has 0 spiro atoms. The number of aliphatic hydroxyl groups excluding tert-OH is 1. The first-order valence-electron chi connectivity index (χ1n) is 11.3. The van der Waals surface area contributed by atoms with E-state index >= 15 is 0 Å². The van der Waals surface area contributed by atoms with Crippen LogP contribution in [0.3, 0.4) is 0 Å². The molecule has 1 aliphatic heterocycles. The average Bonchev–Trinajstić information content (AvgIpc) is 2.92. The quantitative estimate of drug-likeness (QED) is 0.187. The van der Waals surface area contributed by atoms with Gasteiger partial charge in [0.15, 0.2) is 0 Å². The molecule has 0 bridgehead atoms. The van der Waals surface area contributed by atoms with E-state index in [0.29, 0.717) is 45.1 Å². The summed E-state index contributed by atoms with van der Waals surface area (Å²) in [5.74, 6) is -3.21. The number of carbonyl (C=O) groups excluding carboxylic acids is 2. The molecule has 0 radical (unpaired) electrons. The van der Waals surface area contributed by atoms with E-state index in [1.54, 1.807) is 9.80 Å². The van der Waals surface area contributed by atoms with Gasteiger partial charge in [-0.15, -0.1) is 0 Å². The van der Waals surface area contributed by atoms with Gasteiger partial charge in [0.2, 0.25) is 0 Å². The number of hydrogen-bond donors (Lipinski definition) is 4. The molecule has 0 atom stereocenters. The van der Waals surface area contributed by atoms with E-state index in [0.717, 1.165) is 7.11 Å². The molecule has 0 aromatic rings. The van der Waals surface area contributed by atoms with Gasteiger partial charge in [0, 0.05) is 45.2 Å². The molecule has 0 aromatic heterocycles. The third kappa shape index (κ3) is 14.0. The summed E-state index contributed by atoms with van der Waals surface area (Å²) in [7, 11) is 1.00. The molecule has 1 aliphatic rings. The number of aldehydes is 1. The Morgan fingerprint density at radius 2 is 1.35 bits per heavy atom. The van der Waals surface area contributed by atoms with Gasteiger partial charge in [0.25, 0.3) is 0 Å². The van der Waals surface area contributed by atoms with Crippen LogP contribution in [0.1, 0.15) is 46.5 Å². The lowest BCUT2D eigenvalue weighted by Gasteiger charge is -2.45. The lowest BCUT2D eigenvalue weighted by Crippen LogP contribution is -2.61.